The second-order valence-electron chi connectivity index (χ2n) is 6.00. The Labute approximate surface area is 121 Å². The molecule has 1 aliphatic rings. The zero-order valence-corrected chi connectivity index (χ0v) is 12.9. The van der Waals surface area contributed by atoms with Crippen molar-refractivity contribution in [2.75, 3.05) is 0 Å². The van der Waals surface area contributed by atoms with Gasteiger partial charge in [-0.2, -0.15) is 0 Å². The molecule has 0 saturated heterocycles. The van der Waals surface area contributed by atoms with Gasteiger partial charge in [0.1, 0.15) is 5.54 Å². The summed E-state index contributed by atoms with van der Waals surface area (Å²) < 4.78 is 0. The summed E-state index contributed by atoms with van der Waals surface area (Å²) in [5.74, 6) is -0.249. The standard InChI is InChI=1S/C15H28N2O3/c1-4-15(5-2,13(18)19)17-14(20)16-12-8-6-7-11(3)9-10-12/h11-12H,4-10H2,1-3H3,(H,18,19)(H2,16,17,20). The summed E-state index contributed by atoms with van der Waals surface area (Å²) in [5.41, 5.74) is -1.15. The van der Waals surface area contributed by atoms with Gasteiger partial charge in [0, 0.05) is 6.04 Å². The zero-order valence-electron chi connectivity index (χ0n) is 12.9. The summed E-state index contributed by atoms with van der Waals surface area (Å²) in [5, 5.41) is 14.9. The Kier molecular flexibility index (Phi) is 6.30. The van der Waals surface area contributed by atoms with Crippen LogP contribution in [0.15, 0.2) is 0 Å². The van der Waals surface area contributed by atoms with Crippen molar-refractivity contribution in [3.05, 3.63) is 0 Å². The van der Waals surface area contributed by atoms with E-state index in [2.05, 4.69) is 17.6 Å². The predicted octanol–water partition coefficient (Wildman–Crippen LogP) is 2.90. The minimum Gasteiger partial charge on any atom is -0.480 e. The summed E-state index contributed by atoms with van der Waals surface area (Å²) >= 11 is 0. The highest BCUT2D eigenvalue weighted by molar-refractivity contribution is 5.86. The molecule has 0 radical (unpaired) electrons. The predicted molar refractivity (Wildman–Crippen MR) is 78.7 cm³/mol. The van der Waals surface area contributed by atoms with Gasteiger partial charge >= 0.3 is 12.0 Å². The Hall–Kier alpha value is -1.26. The number of nitrogens with one attached hydrogen (secondary N) is 2. The molecule has 5 nitrogen and oxygen atoms in total. The second-order valence-corrected chi connectivity index (χ2v) is 6.00. The summed E-state index contributed by atoms with van der Waals surface area (Å²) in [6.45, 7) is 5.81. The van der Waals surface area contributed by atoms with Gasteiger partial charge in [-0.15, -0.1) is 0 Å². The molecule has 0 aliphatic heterocycles. The van der Waals surface area contributed by atoms with Gasteiger partial charge in [-0.1, -0.05) is 33.6 Å². The number of carboxylic acid groups (broad SMARTS) is 1. The molecule has 1 fully saturated rings. The first-order valence-corrected chi connectivity index (χ1v) is 7.75. The molecule has 1 saturated carbocycles. The lowest BCUT2D eigenvalue weighted by molar-refractivity contribution is -0.144. The number of rotatable bonds is 5. The minimum absolute atomic E-state index is 0.167. The molecule has 5 heteroatoms. The number of carbonyl (C=O) groups is 2. The van der Waals surface area contributed by atoms with E-state index in [1.54, 1.807) is 13.8 Å². The fourth-order valence-electron chi connectivity index (χ4n) is 2.85. The summed E-state index contributed by atoms with van der Waals surface area (Å²) in [4.78, 5) is 23.4. The first kappa shape index (κ1) is 16.8. The third kappa shape index (κ3) is 4.39. The van der Waals surface area contributed by atoms with E-state index in [-0.39, 0.29) is 12.1 Å². The van der Waals surface area contributed by atoms with Crippen LogP contribution in [0.5, 0.6) is 0 Å². The van der Waals surface area contributed by atoms with Crippen LogP contribution in [0.25, 0.3) is 0 Å². The fraction of sp³-hybridized carbons (Fsp3) is 0.867. The minimum atomic E-state index is -1.15. The average Bonchev–Trinajstić information content (AvgIpc) is 2.61. The SMILES string of the molecule is CCC(CC)(NC(=O)NC1CCCC(C)CC1)C(=O)O. The van der Waals surface area contributed by atoms with Gasteiger partial charge in [0.15, 0.2) is 0 Å². The smallest absolute Gasteiger partial charge is 0.329 e. The number of hydrogen-bond acceptors (Lipinski definition) is 2. The molecule has 0 aromatic carbocycles. The highest BCUT2D eigenvalue weighted by Gasteiger charge is 2.36. The molecule has 0 aromatic heterocycles. The monoisotopic (exact) mass is 284 g/mol. The fourth-order valence-corrected chi connectivity index (χ4v) is 2.85. The Balaban J connectivity index is 2.55. The Morgan fingerprint density at radius 3 is 2.35 bits per heavy atom. The molecule has 0 heterocycles. The Morgan fingerprint density at radius 1 is 1.15 bits per heavy atom. The molecule has 1 aliphatic carbocycles. The van der Waals surface area contributed by atoms with Gasteiger partial charge in [0.2, 0.25) is 0 Å². The highest BCUT2D eigenvalue weighted by atomic mass is 16.4. The van der Waals surface area contributed by atoms with Crippen LogP contribution in [0, 0.1) is 5.92 Å². The normalized spacial score (nSPS) is 23.8. The number of carbonyl (C=O) groups excluding carboxylic acids is 1. The zero-order chi connectivity index (χ0) is 15.2. The van der Waals surface area contributed by atoms with Crippen molar-refractivity contribution in [3.63, 3.8) is 0 Å². The maximum absolute atomic E-state index is 12.1. The maximum Gasteiger partial charge on any atom is 0.329 e. The van der Waals surface area contributed by atoms with E-state index in [9.17, 15) is 14.7 Å². The van der Waals surface area contributed by atoms with Gasteiger partial charge in [-0.05, 0) is 38.0 Å². The molecule has 116 valence electrons. The molecule has 20 heavy (non-hydrogen) atoms. The summed E-state index contributed by atoms with van der Waals surface area (Å²) in [6, 6.07) is -0.184. The van der Waals surface area contributed by atoms with E-state index < -0.39 is 11.5 Å². The largest absolute Gasteiger partial charge is 0.480 e. The molecule has 0 aromatic rings. The van der Waals surface area contributed by atoms with Crippen LogP contribution in [-0.4, -0.2) is 28.7 Å². The molecular formula is C15H28N2O3. The van der Waals surface area contributed by atoms with Crippen molar-refractivity contribution >= 4 is 12.0 Å². The van der Waals surface area contributed by atoms with E-state index in [1.807, 2.05) is 0 Å². The molecule has 0 spiro atoms. The first-order valence-electron chi connectivity index (χ1n) is 7.75. The molecule has 3 N–H and O–H groups in total. The summed E-state index contributed by atoms with van der Waals surface area (Å²) in [6.07, 6.45) is 6.18. The first-order chi connectivity index (χ1) is 9.43. The van der Waals surface area contributed by atoms with Crippen molar-refractivity contribution < 1.29 is 14.7 Å². The van der Waals surface area contributed by atoms with Crippen LogP contribution in [0.4, 0.5) is 4.79 Å². The number of carboxylic acids is 1. The third-order valence-corrected chi connectivity index (χ3v) is 4.56. The van der Waals surface area contributed by atoms with Crippen LogP contribution in [-0.2, 0) is 4.79 Å². The maximum atomic E-state index is 12.1. The van der Waals surface area contributed by atoms with Crippen molar-refractivity contribution in [1.82, 2.24) is 10.6 Å². The lowest BCUT2D eigenvalue weighted by Crippen LogP contribution is -2.57. The van der Waals surface area contributed by atoms with Crippen LogP contribution in [0.1, 0.15) is 65.7 Å². The molecule has 2 unspecified atom stereocenters. The van der Waals surface area contributed by atoms with Gasteiger partial charge in [0.25, 0.3) is 0 Å². The molecule has 0 bridgehead atoms. The lowest BCUT2D eigenvalue weighted by Gasteiger charge is -2.29. The van der Waals surface area contributed by atoms with Crippen LogP contribution in [0.2, 0.25) is 0 Å². The van der Waals surface area contributed by atoms with Crippen LogP contribution in [0.3, 0.4) is 0 Å². The topological polar surface area (TPSA) is 78.4 Å². The highest BCUT2D eigenvalue weighted by Crippen LogP contribution is 2.22. The van der Waals surface area contributed by atoms with Crippen LogP contribution < -0.4 is 10.6 Å². The Morgan fingerprint density at radius 2 is 1.80 bits per heavy atom. The number of amides is 2. The lowest BCUT2D eigenvalue weighted by atomic mass is 9.93. The summed E-state index contributed by atoms with van der Waals surface area (Å²) in [7, 11) is 0. The van der Waals surface area contributed by atoms with Gasteiger partial charge in [-0.3, -0.25) is 0 Å². The molecule has 1 rings (SSSR count). The Bertz CT molecular complexity index is 340. The van der Waals surface area contributed by atoms with E-state index in [0.717, 1.165) is 25.7 Å². The molecule has 2 atom stereocenters. The van der Waals surface area contributed by atoms with Crippen molar-refractivity contribution in [1.29, 1.82) is 0 Å². The van der Waals surface area contributed by atoms with E-state index in [0.29, 0.717) is 18.8 Å². The van der Waals surface area contributed by atoms with Gasteiger partial charge in [0.05, 0.1) is 0 Å². The quantitative estimate of drug-likeness (QED) is 0.679. The third-order valence-electron chi connectivity index (χ3n) is 4.56. The average molecular weight is 284 g/mol. The van der Waals surface area contributed by atoms with Crippen molar-refractivity contribution in [3.8, 4) is 0 Å². The van der Waals surface area contributed by atoms with Crippen molar-refractivity contribution in [2.45, 2.75) is 77.3 Å². The van der Waals surface area contributed by atoms with Crippen molar-refractivity contribution in [2.24, 2.45) is 5.92 Å². The van der Waals surface area contributed by atoms with E-state index in [1.165, 1.54) is 6.42 Å². The number of urea groups is 1. The van der Waals surface area contributed by atoms with Gasteiger partial charge in [-0.25, -0.2) is 9.59 Å². The number of hydrogen-bond donors (Lipinski definition) is 3. The van der Waals surface area contributed by atoms with Crippen LogP contribution >= 0.6 is 0 Å². The van der Waals surface area contributed by atoms with E-state index in [4.69, 9.17) is 0 Å². The molecule has 2 amide bonds. The number of aliphatic carboxylic acids is 1. The second kappa shape index (κ2) is 7.50. The van der Waals surface area contributed by atoms with Gasteiger partial charge < -0.3 is 15.7 Å². The molecular weight excluding hydrogens is 256 g/mol. The van der Waals surface area contributed by atoms with E-state index >= 15 is 0 Å².